The molecule has 15 atom stereocenters. The van der Waals surface area contributed by atoms with Crippen LogP contribution in [0.5, 0.6) is 0 Å². The molecule has 10 nitrogen and oxygen atoms in total. The van der Waals surface area contributed by atoms with Crippen molar-refractivity contribution in [2.45, 2.75) is 140 Å². The van der Waals surface area contributed by atoms with Crippen molar-refractivity contribution in [1.82, 2.24) is 10.2 Å². The van der Waals surface area contributed by atoms with Gasteiger partial charge in [-0.05, 0) is 71.0 Å². The van der Waals surface area contributed by atoms with Gasteiger partial charge in [-0.3, -0.25) is 4.79 Å². The molecule has 0 aliphatic carbocycles. The van der Waals surface area contributed by atoms with Gasteiger partial charge in [-0.1, -0.05) is 69.7 Å². The molecule has 3 heterocycles. The summed E-state index contributed by atoms with van der Waals surface area (Å²) in [5, 5.41) is 48.4. The van der Waals surface area contributed by atoms with Crippen molar-refractivity contribution in [1.29, 1.82) is 0 Å². The highest BCUT2D eigenvalue weighted by molar-refractivity contribution is 8.00. The number of fused-ring (bicyclic) bond motifs is 2. The molecule has 0 spiro atoms. The highest BCUT2D eigenvalue weighted by Gasteiger charge is 2.47. The molecule has 1 aromatic carbocycles. The molecule has 50 heavy (non-hydrogen) atoms. The predicted octanol–water partition coefficient (Wildman–Crippen LogP) is 3.78. The third kappa shape index (κ3) is 10.5. The van der Waals surface area contributed by atoms with Crippen molar-refractivity contribution in [3.8, 4) is 0 Å². The Hall–Kier alpha value is -1.54. The van der Waals surface area contributed by atoms with E-state index >= 15 is 0 Å². The number of nitrogens with zero attached hydrogens (tertiary/aromatic N) is 1. The maximum Gasteiger partial charge on any atom is 0.308 e. The molecule has 4 rings (SSSR count). The largest absolute Gasteiger partial charge is 0.462 e. The van der Waals surface area contributed by atoms with Crippen LogP contribution in [0.2, 0.25) is 0 Å². The number of hydrogen-bond donors (Lipinski definition) is 5. The summed E-state index contributed by atoms with van der Waals surface area (Å²) in [6.45, 7) is 11.9. The number of likely N-dealkylation sites (N-methyl/N-ethyl adjacent to an activating group) is 1. The maximum atomic E-state index is 13.3. The summed E-state index contributed by atoms with van der Waals surface area (Å²) >= 11 is 1.95. The number of rotatable bonds is 7. The first-order chi connectivity index (χ1) is 23.7. The van der Waals surface area contributed by atoms with Gasteiger partial charge >= 0.3 is 5.97 Å². The van der Waals surface area contributed by atoms with E-state index in [1.807, 2.05) is 31.7 Å². The zero-order valence-corrected chi connectivity index (χ0v) is 32.2. The summed E-state index contributed by atoms with van der Waals surface area (Å²) in [7, 11) is 3.61. The monoisotopic (exact) mass is 720 g/mol. The highest BCUT2D eigenvalue weighted by atomic mass is 32.2. The van der Waals surface area contributed by atoms with Crippen LogP contribution in [0.3, 0.4) is 0 Å². The molecule has 5 N–H and O–H groups in total. The van der Waals surface area contributed by atoms with Crippen LogP contribution >= 0.6 is 11.8 Å². The summed E-state index contributed by atoms with van der Waals surface area (Å²) in [5.41, 5.74) is 2.47. The molecule has 3 aliphatic heterocycles. The fourth-order valence-electron chi connectivity index (χ4n) is 8.22. The first kappa shape index (κ1) is 41.2. The van der Waals surface area contributed by atoms with Crippen LogP contribution in [-0.4, -0.2) is 124 Å². The molecule has 6 unspecified atom stereocenters. The van der Waals surface area contributed by atoms with Gasteiger partial charge in [0, 0.05) is 34.9 Å². The Labute approximate surface area is 304 Å². The minimum Gasteiger partial charge on any atom is -0.462 e. The summed E-state index contributed by atoms with van der Waals surface area (Å²) < 4.78 is 18.7. The quantitative estimate of drug-likeness (QED) is 0.208. The van der Waals surface area contributed by atoms with Gasteiger partial charge in [0.05, 0.1) is 43.5 Å². The summed E-state index contributed by atoms with van der Waals surface area (Å²) in [6, 6.07) is 10.4. The lowest BCUT2D eigenvalue weighted by molar-refractivity contribution is -0.303. The number of carbonyl (C=O) groups is 1. The van der Waals surface area contributed by atoms with Crippen LogP contribution in [0.25, 0.3) is 0 Å². The fourth-order valence-corrected chi connectivity index (χ4v) is 9.59. The maximum absolute atomic E-state index is 13.3. The number of hydrogen-bond acceptors (Lipinski definition) is 11. The molecule has 2 saturated heterocycles. The van der Waals surface area contributed by atoms with Crippen molar-refractivity contribution in [2.24, 2.45) is 23.7 Å². The second kappa shape index (κ2) is 19.0. The molecular weight excluding hydrogens is 657 g/mol. The lowest BCUT2D eigenvalue weighted by Gasteiger charge is -2.46. The zero-order chi connectivity index (χ0) is 36.7. The minimum atomic E-state index is -1.13. The number of cyclic esters (lactones) is 1. The lowest BCUT2D eigenvalue weighted by atomic mass is 9.80. The fraction of sp³-hybridized carbons (Fsp3) is 0.769. The van der Waals surface area contributed by atoms with Crippen molar-refractivity contribution in [2.75, 3.05) is 26.5 Å². The number of nitrogens with one attached hydrogen (secondary N) is 1. The second-order valence-electron chi connectivity index (χ2n) is 15.5. The molecule has 0 amide bonds. The molecule has 0 saturated carbocycles. The zero-order valence-electron chi connectivity index (χ0n) is 31.4. The average Bonchev–Trinajstić information content (AvgIpc) is 3.29. The second-order valence-corrected chi connectivity index (χ2v) is 16.7. The third-order valence-corrected chi connectivity index (χ3v) is 12.8. The Bertz CT molecular complexity index is 1220. The van der Waals surface area contributed by atoms with E-state index in [0.717, 1.165) is 25.0 Å². The molecule has 3 aliphatic rings. The van der Waals surface area contributed by atoms with E-state index in [-0.39, 0.29) is 48.1 Å². The van der Waals surface area contributed by atoms with Crippen molar-refractivity contribution >= 4 is 17.7 Å². The topological polar surface area (TPSA) is 141 Å². The smallest absolute Gasteiger partial charge is 0.308 e. The Morgan fingerprint density at radius 3 is 2.36 bits per heavy atom. The van der Waals surface area contributed by atoms with E-state index in [9.17, 15) is 25.2 Å². The van der Waals surface area contributed by atoms with Gasteiger partial charge in [-0.2, -0.15) is 11.8 Å². The van der Waals surface area contributed by atoms with Crippen LogP contribution in [0.4, 0.5) is 0 Å². The van der Waals surface area contributed by atoms with Gasteiger partial charge in [0.15, 0.2) is 6.29 Å². The molecule has 284 valence electrons. The average molecular weight is 721 g/mol. The third-order valence-electron chi connectivity index (χ3n) is 11.3. The highest BCUT2D eigenvalue weighted by Crippen LogP contribution is 2.37. The van der Waals surface area contributed by atoms with Crippen molar-refractivity contribution < 1.29 is 39.4 Å². The van der Waals surface area contributed by atoms with Gasteiger partial charge < -0.3 is 44.9 Å². The van der Waals surface area contributed by atoms with E-state index < -0.39 is 60.8 Å². The van der Waals surface area contributed by atoms with Crippen LogP contribution in [0.1, 0.15) is 72.8 Å². The molecule has 1 aromatic rings. The number of aliphatic hydroxyl groups excluding tert-OH is 4. The van der Waals surface area contributed by atoms with Crippen LogP contribution < -0.4 is 5.32 Å². The number of esters is 1. The van der Waals surface area contributed by atoms with Gasteiger partial charge in [0.1, 0.15) is 12.2 Å². The van der Waals surface area contributed by atoms with Crippen molar-refractivity contribution in [3.63, 3.8) is 0 Å². The summed E-state index contributed by atoms with van der Waals surface area (Å²) in [4.78, 5) is 15.1. The van der Waals surface area contributed by atoms with Gasteiger partial charge in [-0.25, -0.2) is 0 Å². The SMILES string of the molecule is CC[C@H]1OC(=O)C[C@@H](O)[C@H](C)[C@@H](OC2OC(C)C(O)C(N(C)C)C2O)[C@@H](C)C[C@@H](C)[C@H]2C[C@@H](SCC(Cc3ccccc3)N2)C(C)=C[C@@H]1CO. The Kier molecular flexibility index (Phi) is 15.6. The number of ether oxygens (including phenoxy) is 3. The first-order valence-corrected chi connectivity index (χ1v) is 19.7. The van der Waals surface area contributed by atoms with Gasteiger partial charge in [0.2, 0.25) is 0 Å². The molecule has 0 aromatic heterocycles. The minimum absolute atomic E-state index is 0.0862. The van der Waals surface area contributed by atoms with E-state index in [1.54, 1.807) is 25.9 Å². The standard InChI is InChI=1S/C39H64N2O8S/c1-9-32-28(20-42)16-23(3)33-18-30(40-29(21-50-33)17-27-13-11-10-12-14-27)22(2)15-24(4)38(25(5)31(43)19-34(44)48-32)49-39-37(46)35(41(7)8)36(45)26(6)47-39/h10-14,16,22,24-26,28-33,35-40,42-43,45-46H,9,15,17-21H2,1-8H3/t22-,24+,25+,26?,28-,29?,30-,31-,32-,33-,35?,36?,37?,38+,39?/m1/s1. The predicted molar refractivity (Wildman–Crippen MR) is 198 cm³/mol. The number of benzene rings is 1. The normalized spacial score (nSPS) is 41.3. The summed E-state index contributed by atoms with van der Waals surface area (Å²) in [5.74, 6) is -0.333. The van der Waals surface area contributed by atoms with Crippen LogP contribution in [0, 0.1) is 23.7 Å². The van der Waals surface area contributed by atoms with E-state index in [2.05, 4.69) is 56.4 Å². The number of carbonyl (C=O) groups excluding carboxylic acids is 1. The molecular formula is C39H64N2O8S. The van der Waals surface area contributed by atoms with Crippen molar-refractivity contribution in [3.05, 3.63) is 47.5 Å². The van der Waals surface area contributed by atoms with E-state index in [0.29, 0.717) is 6.42 Å². The summed E-state index contributed by atoms with van der Waals surface area (Å²) in [6.07, 6.45) is -0.876. The molecule has 2 bridgehead atoms. The molecule has 0 radical (unpaired) electrons. The Balaban J connectivity index is 1.69. The molecule has 2 fully saturated rings. The van der Waals surface area contributed by atoms with Crippen LogP contribution in [-0.2, 0) is 25.4 Å². The Morgan fingerprint density at radius 2 is 1.72 bits per heavy atom. The van der Waals surface area contributed by atoms with Gasteiger partial charge in [0.25, 0.3) is 0 Å². The van der Waals surface area contributed by atoms with Gasteiger partial charge in [-0.15, -0.1) is 0 Å². The van der Waals surface area contributed by atoms with E-state index in [1.165, 1.54) is 11.1 Å². The Morgan fingerprint density at radius 1 is 1.02 bits per heavy atom. The number of aliphatic hydroxyl groups is 4. The first-order valence-electron chi connectivity index (χ1n) is 18.7. The van der Waals surface area contributed by atoms with E-state index in [4.69, 9.17) is 14.2 Å². The lowest BCUT2D eigenvalue weighted by Crippen LogP contribution is -2.63. The molecule has 11 heteroatoms. The van der Waals surface area contributed by atoms with Crippen LogP contribution in [0.15, 0.2) is 42.0 Å². The number of thioether (sulfide) groups is 1.